The zero-order chi connectivity index (χ0) is 21.8. The lowest BCUT2D eigenvalue weighted by Crippen LogP contribution is -2.25. The fourth-order valence-corrected chi connectivity index (χ4v) is 3.91. The zero-order valence-electron chi connectivity index (χ0n) is 18.5. The second-order valence-corrected chi connectivity index (χ2v) is 9.35. The van der Waals surface area contributed by atoms with Crippen molar-refractivity contribution in [2.45, 2.75) is 52.2 Å². The maximum Gasteiger partial charge on any atom is 0.251 e. The highest BCUT2D eigenvalue weighted by atomic mass is 16.5. The monoisotopic (exact) mass is 414 g/mol. The quantitative estimate of drug-likeness (QED) is 0.537. The predicted molar refractivity (Wildman–Crippen MR) is 123 cm³/mol. The van der Waals surface area contributed by atoms with Gasteiger partial charge in [-0.3, -0.25) is 9.78 Å². The minimum Gasteiger partial charge on any atom is -0.487 e. The van der Waals surface area contributed by atoms with Crippen LogP contribution in [0.25, 0.3) is 0 Å². The van der Waals surface area contributed by atoms with Crippen molar-refractivity contribution in [3.05, 3.63) is 95.3 Å². The first kappa shape index (κ1) is 21.1. The molecule has 0 saturated heterocycles. The number of ether oxygens (including phenoxy) is 1. The lowest BCUT2D eigenvalue weighted by molar-refractivity contribution is 0.0951. The third-order valence-electron chi connectivity index (χ3n) is 5.61. The number of hydrogen-bond donors (Lipinski definition) is 1. The van der Waals surface area contributed by atoms with E-state index in [9.17, 15) is 4.79 Å². The molecule has 1 N–H and O–H groups in total. The zero-order valence-corrected chi connectivity index (χ0v) is 18.5. The Morgan fingerprint density at radius 1 is 1.00 bits per heavy atom. The Labute approximate surface area is 184 Å². The maximum absolute atomic E-state index is 12.3. The Morgan fingerprint density at radius 3 is 2.19 bits per heavy atom. The number of rotatable bonds is 7. The van der Waals surface area contributed by atoms with Crippen LogP contribution in [-0.2, 0) is 6.61 Å². The molecule has 3 aromatic rings. The predicted octanol–water partition coefficient (Wildman–Crippen LogP) is 5.73. The van der Waals surface area contributed by atoms with Gasteiger partial charge >= 0.3 is 0 Å². The van der Waals surface area contributed by atoms with Gasteiger partial charge in [0.25, 0.3) is 5.91 Å². The van der Waals surface area contributed by atoms with E-state index in [4.69, 9.17) is 4.74 Å². The Morgan fingerprint density at radius 2 is 1.65 bits per heavy atom. The summed E-state index contributed by atoms with van der Waals surface area (Å²) >= 11 is 0. The number of nitrogens with zero attached hydrogens (tertiary/aromatic N) is 1. The largest absolute Gasteiger partial charge is 0.487 e. The first-order valence-electron chi connectivity index (χ1n) is 10.9. The summed E-state index contributed by atoms with van der Waals surface area (Å²) in [6, 6.07) is 22.6. The van der Waals surface area contributed by atoms with Gasteiger partial charge in [0.1, 0.15) is 12.4 Å². The fraction of sp³-hybridized carbons (Fsp3) is 0.333. The third kappa shape index (κ3) is 5.52. The number of carbonyl (C=O) groups is 1. The average molecular weight is 415 g/mol. The topological polar surface area (TPSA) is 51.2 Å². The molecule has 1 unspecified atom stereocenters. The summed E-state index contributed by atoms with van der Waals surface area (Å²) in [5.74, 6) is 1.06. The minimum atomic E-state index is 0.0219. The van der Waals surface area contributed by atoms with Gasteiger partial charge in [0, 0.05) is 23.7 Å². The molecule has 160 valence electrons. The standard InChI is InChI=1S/C27H30N2O2/c1-27(2,3)25(19-7-9-21(10-8-19)26(30)29-22-13-14-22)20-11-15-24(16-12-20)31-18-23-6-4-5-17-28-23/h4-12,15-17,22,25H,13-14,18H2,1-3H3,(H,29,30). The molecule has 1 aromatic heterocycles. The number of nitrogens with one attached hydrogen (secondary N) is 1. The maximum atomic E-state index is 12.3. The molecule has 4 rings (SSSR count). The molecule has 2 aromatic carbocycles. The van der Waals surface area contributed by atoms with Gasteiger partial charge in [0.05, 0.1) is 5.69 Å². The van der Waals surface area contributed by atoms with E-state index in [0.717, 1.165) is 29.8 Å². The number of hydrogen-bond acceptors (Lipinski definition) is 3. The smallest absolute Gasteiger partial charge is 0.251 e. The summed E-state index contributed by atoms with van der Waals surface area (Å²) in [7, 11) is 0. The number of carbonyl (C=O) groups excluding carboxylic acids is 1. The summed E-state index contributed by atoms with van der Waals surface area (Å²) < 4.78 is 5.89. The van der Waals surface area contributed by atoms with Gasteiger partial charge in [0.2, 0.25) is 0 Å². The summed E-state index contributed by atoms with van der Waals surface area (Å²) in [5.41, 5.74) is 4.09. The van der Waals surface area contributed by atoms with Crippen molar-refractivity contribution in [1.29, 1.82) is 0 Å². The van der Waals surface area contributed by atoms with E-state index in [1.165, 1.54) is 11.1 Å². The van der Waals surface area contributed by atoms with Gasteiger partial charge in [-0.1, -0.05) is 51.1 Å². The van der Waals surface area contributed by atoms with Crippen molar-refractivity contribution >= 4 is 5.91 Å². The third-order valence-corrected chi connectivity index (χ3v) is 5.61. The van der Waals surface area contributed by atoms with E-state index in [0.29, 0.717) is 12.6 Å². The van der Waals surface area contributed by atoms with Gasteiger partial charge < -0.3 is 10.1 Å². The van der Waals surface area contributed by atoms with Crippen LogP contribution in [0.15, 0.2) is 72.9 Å². The molecule has 0 spiro atoms. The molecule has 1 atom stereocenters. The van der Waals surface area contributed by atoms with Crippen LogP contribution < -0.4 is 10.1 Å². The first-order chi connectivity index (χ1) is 14.9. The van der Waals surface area contributed by atoms with Crippen LogP contribution in [0.1, 0.15) is 66.7 Å². The number of pyridine rings is 1. The van der Waals surface area contributed by atoms with Crippen LogP contribution in [0.5, 0.6) is 5.75 Å². The second-order valence-electron chi connectivity index (χ2n) is 9.35. The molecule has 1 aliphatic carbocycles. The van der Waals surface area contributed by atoms with Crippen LogP contribution in [0.4, 0.5) is 0 Å². The molecule has 0 radical (unpaired) electrons. The molecule has 1 aliphatic rings. The molecular formula is C27H30N2O2. The van der Waals surface area contributed by atoms with Crippen LogP contribution >= 0.6 is 0 Å². The van der Waals surface area contributed by atoms with E-state index in [2.05, 4.69) is 55.3 Å². The van der Waals surface area contributed by atoms with Crippen LogP contribution in [-0.4, -0.2) is 16.9 Å². The molecule has 0 bridgehead atoms. The molecule has 1 saturated carbocycles. The van der Waals surface area contributed by atoms with Crippen LogP contribution in [0.2, 0.25) is 0 Å². The Kier molecular flexibility index (Phi) is 6.08. The van der Waals surface area contributed by atoms with E-state index in [1.54, 1.807) is 6.20 Å². The summed E-state index contributed by atoms with van der Waals surface area (Å²) in [6.45, 7) is 7.19. The lowest BCUT2D eigenvalue weighted by Gasteiger charge is -2.32. The van der Waals surface area contributed by atoms with Crippen molar-refractivity contribution in [3.8, 4) is 5.75 Å². The van der Waals surface area contributed by atoms with Gasteiger partial charge in [-0.2, -0.15) is 0 Å². The molecule has 1 amide bonds. The van der Waals surface area contributed by atoms with E-state index in [-0.39, 0.29) is 17.2 Å². The van der Waals surface area contributed by atoms with E-state index < -0.39 is 0 Å². The van der Waals surface area contributed by atoms with Gasteiger partial charge in [-0.05, 0) is 65.8 Å². The number of amides is 1. The highest BCUT2D eigenvalue weighted by Crippen LogP contribution is 2.41. The number of benzene rings is 2. The summed E-state index contributed by atoms with van der Waals surface area (Å²) in [4.78, 5) is 16.6. The normalized spacial score (nSPS) is 14.7. The number of aromatic nitrogens is 1. The Hall–Kier alpha value is -3.14. The molecule has 1 heterocycles. The van der Waals surface area contributed by atoms with Gasteiger partial charge in [0.15, 0.2) is 0 Å². The van der Waals surface area contributed by atoms with E-state index >= 15 is 0 Å². The van der Waals surface area contributed by atoms with Crippen molar-refractivity contribution in [2.24, 2.45) is 5.41 Å². The van der Waals surface area contributed by atoms with Crippen molar-refractivity contribution in [1.82, 2.24) is 10.3 Å². The van der Waals surface area contributed by atoms with Gasteiger partial charge in [-0.15, -0.1) is 0 Å². The van der Waals surface area contributed by atoms with Gasteiger partial charge in [-0.25, -0.2) is 0 Å². The SMILES string of the molecule is CC(C)(C)C(c1ccc(OCc2ccccn2)cc1)c1ccc(C(=O)NC2CC2)cc1. The Bertz CT molecular complexity index is 1000. The molecular weight excluding hydrogens is 384 g/mol. The van der Waals surface area contributed by atoms with Crippen LogP contribution in [0.3, 0.4) is 0 Å². The average Bonchev–Trinajstić information content (AvgIpc) is 3.57. The summed E-state index contributed by atoms with van der Waals surface area (Å²) in [6.07, 6.45) is 3.96. The molecule has 31 heavy (non-hydrogen) atoms. The van der Waals surface area contributed by atoms with Crippen molar-refractivity contribution in [3.63, 3.8) is 0 Å². The molecule has 1 fully saturated rings. The highest BCUT2D eigenvalue weighted by Gasteiger charge is 2.28. The summed E-state index contributed by atoms with van der Waals surface area (Å²) in [5, 5.41) is 3.05. The second kappa shape index (κ2) is 8.93. The fourth-order valence-electron chi connectivity index (χ4n) is 3.91. The molecule has 4 nitrogen and oxygen atoms in total. The van der Waals surface area contributed by atoms with E-state index in [1.807, 2.05) is 42.5 Å². The Balaban J connectivity index is 1.49. The van der Waals surface area contributed by atoms with Crippen LogP contribution in [0, 0.1) is 5.41 Å². The highest BCUT2D eigenvalue weighted by molar-refractivity contribution is 5.94. The molecule has 4 heteroatoms. The lowest BCUT2D eigenvalue weighted by atomic mass is 9.72. The van der Waals surface area contributed by atoms with Crippen molar-refractivity contribution < 1.29 is 9.53 Å². The molecule has 0 aliphatic heterocycles. The van der Waals surface area contributed by atoms with Crippen molar-refractivity contribution in [2.75, 3.05) is 0 Å². The first-order valence-corrected chi connectivity index (χ1v) is 10.9. The minimum absolute atomic E-state index is 0.0219.